The van der Waals surface area contributed by atoms with Crippen LogP contribution < -0.4 is 5.90 Å². The van der Waals surface area contributed by atoms with Gasteiger partial charge in [0.15, 0.2) is 0 Å². The van der Waals surface area contributed by atoms with E-state index in [-0.39, 0.29) is 0 Å². The Morgan fingerprint density at radius 1 is 1.09 bits per heavy atom. The molecule has 1 unspecified atom stereocenters. The summed E-state index contributed by atoms with van der Waals surface area (Å²) in [4.78, 5) is 7.52. The van der Waals surface area contributed by atoms with Crippen molar-refractivity contribution in [3.05, 3.63) is 39.5 Å². The molecule has 0 rings (SSSR count). The second-order valence-electron chi connectivity index (χ2n) is 0.343. The van der Waals surface area contributed by atoms with E-state index in [4.69, 9.17) is 9.46 Å². The monoisotopic (exact) mass is 180 g/mol. The minimum atomic E-state index is -2.57. The Morgan fingerprint density at radius 2 is 1.18 bits per heavy atom. The molecule has 0 saturated heterocycles. The maximum absolute atomic E-state index is 9.17. The van der Waals surface area contributed by atoms with Crippen LogP contribution in [0.2, 0.25) is 0 Å². The lowest BCUT2D eigenvalue weighted by Gasteiger charge is -1.55. The molecular weight excluding hydrogens is 165 g/mol. The van der Waals surface area contributed by atoms with Crippen molar-refractivity contribution in [2.75, 3.05) is 0 Å². The molecule has 0 amide bonds. The van der Waals surface area contributed by atoms with Crippen molar-refractivity contribution in [3.8, 4) is 0 Å². The Labute approximate surface area is 68.6 Å². The van der Waals surface area contributed by atoms with Crippen LogP contribution >= 0.6 is 8.25 Å². The van der Waals surface area contributed by atoms with Gasteiger partial charge in [-0.25, -0.2) is 0 Å². The third-order valence-electron chi connectivity index (χ3n) is 0.0902. The van der Waals surface area contributed by atoms with E-state index in [1.54, 1.807) is 0 Å². The molecule has 1 atom stereocenters. The summed E-state index contributed by atoms with van der Waals surface area (Å²) in [6, 6.07) is 0. The standard InChI is InChI=1S/3C2H4.H2NO3P/c3*1-2;1-4-5(2)3/h3*1-2H2;1H2/p+1. The molecule has 0 heterocycles. The van der Waals surface area contributed by atoms with Crippen molar-refractivity contribution in [3.63, 3.8) is 0 Å². The van der Waals surface area contributed by atoms with Gasteiger partial charge >= 0.3 is 8.25 Å². The second-order valence-corrected chi connectivity index (χ2v) is 1.03. The molecule has 0 aliphatic carbocycles. The molecule has 0 aliphatic rings. The molecule has 0 saturated carbocycles. The highest BCUT2D eigenvalue weighted by molar-refractivity contribution is 7.32. The summed E-state index contributed by atoms with van der Waals surface area (Å²) in [5.41, 5.74) is 0. The maximum atomic E-state index is 9.17. The van der Waals surface area contributed by atoms with E-state index in [0.29, 0.717) is 0 Å². The van der Waals surface area contributed by atoms with Gasteiger partial charge in [-0.3, -0.25) is 0 Å². The minimum absolute atomic E-state index is 2.57. The smallest absolute Gasteiger partial charge is 0.162 e. The van der Waals surface area contributed by atoms with Gasteiger partial charge in [0.25, 0.3) is 0 Å². The molecule has 0 aromatic rings. The molecule has 0 bridgehead atoms. The van der Waals surface area contributed by atoms with Crippen molar-refractivity contribution in [2.24, 2.45) is 5.90 Å². The van der Waals surface area contributed by atoms with E-state index < -0.39 is 8.25 Å². The first-order valence-corrected chi connectivity index (χ1v) is 3.43. The summed E-state index contributed by atoms with van der Waals surface area (Å²) >= 11 is 0. The molecule has 0 aliphatic heterocycles. The Hall–Kier alpha value is -0.800. The van der Waals surface area contributed by atoms with E-state index in [0.717, 1.165) is 0 Å². The van der Waals surface area contributed by atoms with Crippen LogP contribution in [0.15, 0.2) is 39.5 Å². The van der Waals surface area contributed by atoms with Gasteiger partial charge in [-0.2, -0.15) is 5.90 Å². The van der Waals surface area contributed by atoms with E-state index in [1.807, 2.05) is 0 Å². The van der Waals surface area contributed by atoms with Gasteiger partial charge in [-0.1, -0.05) is 0 Å². The molecule has 66 valence electrons. The molecule has 4 nitrogen and oxygen atoms in total. The Morgan fingerprint density at radius 3 is 1.18 bits per heavy atom. The number of nitrogens with two attached hydrogens (primary N) is 1. The van der Waals surface area contributed by atoms with Gasteiger partial charge < -0.3 is 0 Å². The first kappa shape index (κ1) is 22.5. The zero-order valence-corrected chi connectivity index (χ0v) is 7.43. The van der Waals surface area contributed by atoms with Gasteiger partial charge in [0.05, 0.1) is 0 Å². The van der Waals surface area contributed by atoms with Crippen LogP contribution in [0.3, 0.4) is 0 Å². The lowest BCUT2D eigenvalue weighted by Crippen LogP contribution is -1.84. The fourth-order valence-electron chi connectivity index (χ4n) is 0. The van der Waals surface area contributed by atoms with E-state index >= 15 is 0 Å². The highest BCUT2D eigenvalue weighted by Gasteiger charge is 2.04. The summed E-state index contributed by atoms with van der Waals surface area (Å²) in [6.45, 7) is 18.0. The van der Waals surface area contributed by atoms with E-state index in [2.05, 4.69) is 50.0 Å². The molecule has 0 radical (unpaired) electrons. The third kappa shape index (κ3) is 331. The fraction of sp³-hybridized carbons (Fsp3) is 0. The van der Waals surface area contributed by atoms with Crippen molar-refractivity contribution >= 4 is 8.25 Å². The summed E-state index contributed by atoms with van der Waals surface area (Å²) < 4.78 is 12.5. The first-order chi connectivity index (χ1) is 5.27. The molecule has 0 fully saturated rings. The molecule has 0 aromatic carbocycles. The van der Waals surface area contributed by atoms with Crippen LogP contribution in [-0.4, -0.2) is 4.89 Å². The van der Waals surface area contributed by atoms with Crippen LogP contribution in [0.4, 0.5) is 0 Å². The van der Waals surface area contributed by atoms with E-state index in [9.17, 15) is 0 Å². The van der Waals surface area contributed by atoms with Gasteiger partial charge in [0.1, 0.15) is 0 Å². The SMILES string of the molecule is C=C.C=C.C=C.NO[P+](=O)O. The predicted molar refractivity (Wildman–Crippen MR) is 48.9 cm³/mol. The quantitative estimate of drug-likeness (QED) is 0.367. The highest BCUT2D eigenvalue weighted by Crippen LogP contribution is 2.07. The zero-order chi connectivity index (χ0) is 10.3. The first-order valence-electron chi connectivity index (χ1n) is 2.30. The lowest BCUT2D eigenvalue weighted by atomic mass is 11.3. The van der Waals surface area contributed by atoms with Gasteiger partial charge in [0, 0.05) is 4.57 Å². The number of hydrogen-bond donors (Lipinski definition) is 2. The largest absolute Gasteiger partial charge is 0.713 e. The highest BCUT2D eigenvalue weighted by atomic mass is 31.1. The Bertz CT molecular complexity index is 75.5. The van der Waals surface area contributed by atoms with Crippen molar-refractivity contribution in [2.45, 2.75) is 0 Å². The summed E-state index contributed by atoms with van der Waals surface area (Å²) in [6.07, 6.45) is 0. The van der Waals surface area contributed by atoms with Gasteiger partial charge in [-0.15, -0.1) is 44.4 Å². The summed E-state index contributed by atoms with van der Waals surface area (Å²) in [5, 5.41) is 0. The molecule has 5 heteroatoms. The zero-order valence-electron chi connectivity index (χ0n) is 6.53. The number of rotatable bonds is 1. The molecular formula is C6H15NO3P+. The van der Waals surface area contributed by atoms with Crippen LogP contribution in [0.5, 0.6) is 0 Å². The predicted octanol–water partition coefficient (Wildman–Crippen LogP) is 1.93. The normalized spacial score (nSPS) is 6.18. The third-order valence-corrected chi connectivity index (χ3v) is 0.271. The van der Waals surface area contributed by atoms with Crippen LogP contribution in [0.25, 0.3) is 0 Å². The Balaban J connectivity index is -0.0000000350. The molecule has 3 N–H and O–H groups in total. The Kier molecular flexibility index (Phi) is 123. The molecule has 11 heavy (non-hydrogen) atoms. The summed E-state index contributed by atoms with van der Waals surface area (Å²) in [5.74, 6) is 4.14. The maximum Gasteiger partial charge on any atom is 0.713 e. The van der Waals surface area contributed by atoms with Gasteiger partial charge in [-0.05, 0) is 4.62 Å². The summed E-state index contributed by atoms with van der Waals surface area (Å²) in [7, 11) is -2.57. The van der Waals surface area contributed by atoms with Crippen molar-refractivity contribution < 1.29 is 14.1 Å². The van der Waals surface area contributed by atoms with Crippen molar-refractivity contribution in [1.82, 2.24) is 0 Å². The van der Waals surface area contributed by atoms with Crippen LogP contribution in [0, 0.1) is 0 Å². The number of hydrogen-bond acceptors (Lipinski definition) is 3. The van der Waals surface area contributed by atoms with E-state index in [1.165, 1.54) is 0 Å². The molecule has 0 spiro atoms. The fourth-order valence-corrected chi connectivity index (χ4v) is 0. The average molecular weight is 180 g/mol. The second kappa shape index (κ2) is 60.4. The molecule has 0 aromatic heterocycles. The van der Waals surface area contributed by atoms with Crippen LogP contribution in [0.1, 0.15) is 0 Å². The van der Waals surface area contributed by atoms with Gasteiger partial charge in [0.2, 0.25) is 0 Å². The average Bonchev–Trinajstić information content (AvgIpc) is 2.15. The van der Waals surface area contributed by atoms with Crippen LogP contribution in [-0.2, 0) is 9.19 Å². The topological polar surface area (TPSA) is 72.5 Å². The lowest BCUT2D eigenvalue weighted by molar-refractivity contribution is 0.292. The van der Waals surface area contributed by atoms with Crippen molar-refractivity contribution in [1.29, 1.82) is 0 Å². The minimum Gasteiger partial charge on any atom is -0.162 e.